The van der Waals surface area contributed by atoms with E-state index in [0.29, 0.717) is 18.2 Å². The van der Waals surface area contributed by atoms with Crippen molar-refractivity contribution in [3.8, 4) is 0 Å². The van der Waals surface area contributed by atoms with Crippen LogP contribution in [0.2, 0.25) is 0 Å². The van der Waals surface area contributed by atoms with Gasteiger partial charge in [0.05, 0.1) is 23.3 Å². The number of halogens is 1. The van der Waals surface area contributed by atoms with Crippen LogP contribution in [0.25, 0.3) is 0 Å². The molecule has 1 aromatic rings. The minimum atomic E-state index is 0. The van der Waals surface area contributed by atoms with E-state index in [-0.39, 0.29) is 24.0 Å². The molecule has 2 fully saturated rings. The smallest absolute Gasteiger partial charge is 0.191 e. The lowest BCUT2D eigenvalue weighted by Gasteiger charge is -2.22. The Bertz CT molecular complexity index is 507. The molecule has 2 N–H and O–H groups in total. The second-order valence-corrected chi connectivity index (χ2v) is 6.79. The third kappa shape index (κ3) is 4.55. The lowest BCUT2D eigenvalue weighted by molar-refractivity contribution is 0.0992. The molecule has 0 aromatic carbocycles. The first-order valence-electron chi connectivity index (χ1n) is 7.78. The molecule has 0 spiro atoms. The zero-order valence-corrected chi connectivity index (χ0v) is 16.3. The fourth-order valence-electron chi connectivity index (χ4n) is 3.12. The number of ether oxygens (including phenoxy) is 1. The van der Waals surface area contributed by atoms with Gasteiger partial charge in [0.2, 0.25) is 0 Å². The van der Waals surface area contributed by atoms with E-state index < -0.39 is 0 Å². The number of thiazole rings is 1. The summed E-state index contributed by atoms with van der Waals surface area (Å²) in [6.07, 6.45) is 6.47. The van der Waals surface area contributed by atoms with Crippen molar-refractivity contribution in [3.63, 3.8) is 0 Å². The summed E-state index contributed by atoms with van der Waals surface area (Å²) in [5.74, 6) is 0.895. The van der Waals surface area contributed by atoms with Crippen LogP contribution in [-0.2, 0) is 11.2 Å². The molecule has 2 aliphatic rings. The van der Waals surface area contributed by atoms with E-state index in [1.54, 1.807) is 11.3 Å². The van der Waals surface area contributed by atoms with Crippen molar-refractivity contribution in [3.05, 3.63) is 16.1 Å². The number of nitrogens with zero attached hydrogens (tertiary/aromatic N) is 2. The van der Waals surface area contributed by atoms with E-state index in [1.807, 2.05) is 14.0 Å². The van der Waals surface area contributed by atoms with Crippen LogP contribution in [0.1, 0.15) is 36.4 Å². The van der Waals surface area contributed by atoms with Crippen molar-refractivity contribution < 1.29 is 4.74 Å². The Morgan fingerprint density at radius 2 is 2.36 bits per heavy atom. The molecule has 3 rings (SSSR count). The summed E-state index contributed by atoms with van der Waals surface area (Å²) in [6.45, 7) is 2.96. The molecule has 2 bridgehead atoms. The van der Waals surface area contributed by atoms with Crippen molar-refractivity contribution in [2.75, 3.05) is 13.6 Å². The summed E-state index contributed by atoms with van der Waals surface area (Å²) in [4.78, 5) is 8.79. The number of aliphatic imine (C=N–C) groups is 1. The molecule has 22 heavy (non-hydrogen) atoms. The van der Waals surface area contributed by atoms with Gasteiger partial charge in [-0.25, -0.2) is 4.98 Å². The average molecular weight is 436 g/mol. The first-order chi connectivity index (χ1) is 10.2. The van der Waals surface area contributed by atoms with Crippen LogP contribution in [0.3, 0.4) is 0 Å². The van der Waals surface area contributed by atoms with Gasteiger partial charge >= 0.3 is 0 Å². The summed E-state index contributed by atoms with van der Waals surface area (Å²) >= 11 is 1.75. The molecule has 3 atom stereocenters. The second kappa shape index (κ2) is 8.44. The van der Waals surface area contributed by atoms with Gasteiger partial charge in [-0.2, -0.15) is 0 Å². The summed E-state index contributed by atoms with van der Waals surface area (Å²) in [5, 5.41) is 10.2. The first-order valence-corrected chi connectivity index (χ1v) is 8.66. The van der Waals surface area contributed by atoms with Gasteiger partial charge in [-0.05, 0) is 32.6 Å². The number of fused-ring (bicyclic) bond motifs is 2. The molecular weight excluding hydrogens is 411 g/mol. The molecule has 7 heteroatoms. The Morgan fingerprint density at radius 1 is 1.50 bits per heavy atom. The molecule has 2 aliphatic heterocycles. The van der Waals surface area contributed by atoms with Gasteiger partial charge in [-0.3, -0.25) is 4.99 Å². The van der Waals surface area contributed by atoms with E-state index in [9.17, 15) is 0 Å². The van der Waals surface area contributed by atoms with Gasteiger partial charge in [0.1, 0.15) is 0 Å². The molecule has 124 valence electrons. The lowest BCUT2D eigenvalue weighted by atomic mass is 9.96. The van der Waals surface area contributed by atoms with Crippen molar-refractivity contribution in [2.24, 2.45) is 4.99 Å². The van der Waals surface area contributed by atoms with Gasteiger partial charge in [-0.1, -0.05) is 0 Å². The number of hydrogen-bond acceptors (Lipinski definition) is 4. The van der Waals surface area contributed by atoms with Gasteiger partial charge < -0.3 is 15.4 Å². The Labute approximate surface area is 153 Å². The molecular formula is C15H25IN4OS. The largest absolute Gasteiger partial charge is 0.373 e. The highest BCUT2D eigenvalue weighted by Crippen LogP contribution is 2.34. The number of rotatable bonds is 5. The average Bonchev–Trinajstić information content (AvgIpc) is 3.19. The molecule has 0 aliphatic carbocycles. The highest BCUT2D eigenvalue weighted by Gasteiger charge is 2.41. The maximum atomic E-state index is 5.86. The summed E-state index contributed by atoms with van der Waals surface area (Å²) in [7, 11) is 1.83. The highest BCUT2D eigenvalue weighted by molar-refractivity contribution is 14.0. The zero-order chi connectivity index (χ0) is 14.7. The van der Waals surface area contributed by atoms with Crippen molar-refractivity contribution in [1.29, 1.82) is 0 Å². The molecule has 5 nitrogen and oxygen atoms in total. The van der Waals surface area contributed by atoms with Gasteiger partial charge in [0, 0.05) is 31.1 Å². The summed E-state index contributed by atoms with van der Waals surface area (Å²) < 4.78 is 5.86. The Kier molecular flexibility index (Phi) is 6.88. The monoisotopic (exact) mass is 436 g/mol. The molecule has 0 amide bonds. The van der Waals surface area contributed by atoms with Crippen molar-refractivity contribution in [1.82, 2.24) is 15.6 Å². The number of aryl methyl sites for hydroxylation is 2. The van der Waals surface area contributed by atoms with Crippen LogP contribution < -0.4 is 10.6 Å². The van der Waals surface area contributed by atoms with Gasteiger partial charge in [-0.15, -0.1) is 35.3 Å². The zero-order valence-electron chi connectivity index (χ0n) is 13.2. The summed E-state index contributed by atoms with van der Waals surface area (Å²) in [5.41, 5.74) is 1.12. The predicted molar refractivity (Wildman–Crippen MR) is 101 cm³/mol. The van der Waals surface area contributed by atoms with E-state index in [4.69, 9.17) is 4.74 Å². The molecule has 2 saturated heterocycles. The first kappa shape index (κ1) is 17.9. The van der Waals surface area contributed by atoms with E-state index >= 15 is 0 Å². The minimum absolute atomic E-state index is 0. The Balaban J connectivity index is 0.00000176. The third-order valence-corrected chi connectivity index (χ3v) is 5.20. The van der Waals surface area contributed by atoms with Crippen LogP contribution in [0.5, 0.6) is 0 Å². The Morgan fingerprint density at radius 3 is 2.95 bits per heavy atom. The summed E-state index contributed by atoms with van der Waals surface area (Å²) in [6, 6.07) is 0.427. The van der Waals surface area contributed by atoms with Gasteiger partial charge in [0.25, 0.3) is 0 Å². The number of hydrogen-bond donors (Lipinski definition) is 2. The van der Waals surface area contributed by atoms with E-state index in [1.165, 1.54) is 17.8 Å². The molecule has 0 saturated carbocycles. The second-order valence-electron chi connectivity index (χ2n) is 5.85. The fourth-order valence-corrected chi connectivity index (χ4v) is 3.94. The normalized spacial score (nSPS) is 26.8. The fraction of sp³-hybridized carbons (Fsp3) is 0.733. The van der Waals surface area contributed by atoms with Crippen LogP contribution >= 0.6 is 35.3 Å². The SMILES string of the molecule is CN=C(NCCCc1nc(C)cs1)NC1CC2CCC1O2.I. The predicted octanol–water partition coefficient (Wildman–Crippen LogP) is 2.49. The third-order valence-electron chi connectivity index (χ3n) is 4.18. The molecule has 1 aromatic heterocycles. The maximum Gasteiger partial charge on any atom is 0.191 e. The van der Waals surface area contributed by atoms with Crippen LogP contribution in [0.15, 0.2) is 10.4 Å². The molecule has 0 radical (unpaired) electrons. The number of nitrogens with one attached hydrogen (secondary N) is 2. The molecule has 3 unspecified atom stereocenters. The maximum absolute atomic E-state index is 5.86. The molecule has 3 heterocycles. The van der Waals surface area contributed by atoms with Crippen molar-refractivity contribution >= 4 is 41.3 Å². The lowest BCUT2D eigenvalue weighted by Crippen LogP contribution is -2.47. The van der Waals surface area contributed by atoms with E-state index in [2.05, 4.69) is 26.0 Å². The number of guanidine groups is 1. The van der Waals surface area contributed by atoms with E-state index in [0.717, 1.165) is 37.5 Å². The Hall–Kier alpha value is -0.410. The quantitative estimate of drug-likeness (QED) is 0.322. The van der Waals surface area contributed by atoms with Crippen LogP contribution in [-0.4, -0.2) is 42.8 Å². The standard InChI is InChI=1S/C15H24N4OS.HI/c1-10-9-21-14(18-10)4-3-7-17-15(16-2)19-12-8-11-5-6-13(12)20-11;/h9,11-13H,3-8H2,1-2H3,(H2,16,17,19);1H. The van der Waals surface area contributed by atoms with Crippen LogP contribution in [0, 0.1) is 6.92 Å². The highest BCUT2D eigenvalue weighted by atomic mass is 127. The topological polar surface area (TPSA) is 58.5 Å². The minimum Gasteiger partial charge on any atom is -0.373 e. The van der Waals surface area contributed by atoms with Gasteiger partial charge in [0.15, 0.2) is 5.96 Å². The van der Waals surface area contributed by atoms with Crippen molar-refractivity contribution in [2.45, 2.75) is 57.3 Å². The van der Waals surface area contributed by atoms with Crippen LogP contribution in [0.4, 0.5) is 0 Å². The number of aromatic nitrogens is 1.